The van der Waals surface area contributed by atoms with Crippen LogP contribution in [0.1, 0.15) is 24.3 Å². The van der Waals surface area contributed by atoms with Crippen LogP contribution in [0.4, 0.5) is 5.69 Å². The van der Waals surface area contributed by atoms with Crippen LogP contribution in [-0.4, -0.2) is 40.6 Å². The highest BCUT2D eigenvalue weighted by Gasteiger charge is 2.33. The minimum atomic E-state index is -0.119. The minimum Gasteiger partial charge on any atom is -0.493 e. The maximum absolute atomic E-state index is 12.5. The Labute approximate surface area is 179 Å². The zero-order valence-electron chi connectivity index (χ0n) is 16.7. The molecule has 1 saturated heterocycles. The second-order valence-electron chi connectivity index (χ2n) is 7.08. The molecule has 4 rings (SSSR count). The summed E-state index contributed by atoms with van der Waals surface area (Å²) < 4.78 is 5.83. The van der Waals surface area contributed by atoms with Gasteiger partial charge in [-0.2, -0.15) is 0 Å². The zero-order chi connectivity index (χ0) is 20.9. The van der Waals surface area contributed by atoms with E-state index in [2.05, 4.69) is 16.4 Å². The van der Waals surface area contributed by atoms with Crippen LogP contribution in [0.15, 0.2) is 60.8 Å². The molecular weight excluding hydrogens is 398 g/mol. The first-order chi connectivity index (χ1) is 14.6. The summed E-state index contributed by atoms with van der Waals surface area (Å²) in [5.74, 6) is 1.21. The van der Waals surface area contributed by atoms with Crippen LogP contribution >= 0.6 is 11.8 Å². The van der Waals surface area contributed by atoms with Crippen molar-refractivity contribution < 1.29 is 14.3 Å². The predicted molar refractivity (Wildman–Crippen MR) is 120 cm³/mol. The van der Waals surface area contributed by atoms with Crippen molar-refractivity contribution in [2.45, 2.75) is 18.7 Å². The number of para-hydroxylation sites is 1. The van der Waals surface area contributed by atoms with Crippen LogP contribution in [0.2, 0.25) is 0 Å². The first-order valence-corrected chi connectivity index (χ1v) is 10.9. The molecule has 0 saturated carbocycles. The van der Waals surface area contributed by atoms with Gasteiger partial charge in [-0.05, 0) is 36.2 Å². The fourth-order valence-corrected chi connectivity index (χ4v) is 4.83. The van der Waals surface area contributed by atoms with Crippen molar-refractivity contribution >= 4 is 40.2 Å². The predicted octanol–water partition coefficient (Wildman–Crippen LogP) is 4.24. The molecule has 3 aromatic rings. The Balaban J connectivity index is 1.39. The van der Waals surface area contributed by atoms with Crippen LogP contribution in [0.25, 0.3) is 10.9 Å². The number of thioether (sulfide) groups is 1. The molecule has 1 aliphatic rings. The van der Waals surface area contributed by atoms with Crippen molar-refractivity contribution in [2.24, 2.45) is 0 Å². The van der Waals surface area contributed by atoms with E-state index < -0.39 is 0 Å². The van der Waals surface area contributed by atoms with E-state index in [1.54, 1.807) is 17.8 Å². The van der Waals surface area contributed by atoms with E-state index in [4.69, 9.17) is 4.74 Å². The SMILES string of the molecule is CC(=O)Nc1cccc(OCCCN2C(=O)CSC2c2ccnc3ccccc23)c1. The maximum Gasteiger partial charge on any atom is 0.233 e. The molecular formula is C23H23N3O3S. The number of hydrogen-bond acceptors (Lipinski definition) is 5. The Morgan fingerprint density at radius 1 is 1.23 bits per heavy atom. The number of fused-ring (bicyclic) bond motifs is 1. The molecule has 154 valence electrons. The zero-order valence-corrected chi connectivity index (χ0v) is 17.5. The number of ether oxygens (including phenoxy) is 1. The van der Waals surface area contributed by atoms with Crippen molar-refractivity contribution in [3.05, 3.63) is 66.4 Å². The smallest absolute Gasteiger partial charge is 0.233 e. The van der Waals surface area contributed by atoms with Crippen LogP contribution in [0, 0.1) is 0 Å². The van der Waals surface area contributed by atoms with Crippen molar-refractivity contribution in [3.8, 4) is 5.75 Å². The number of carbonyl (C=O) groups excluding carboxylic acids is 2. The molecule has 1 aliphatic heterocycles. The van der Waals surface area contributed by atoms with Gasteiger partial charge in [-0.3, -0.25) is 14.6 Å². The summed E-state index contributed by atoms with van der Waals surface area (Å²) in [6.45, 7) is 2.58. The standard InChI is InChI=1S/C23H23N3O3S/c1-16(27)25-17-6-4-7-18(14-17)29-13-5-12-26-22(28)15-30-23(26)20-10-11-24-21-9-3-2-8-19(20)21/h2-4,6-11,14,23H,5,12-13,15H2,1H3,(H,25,27). The van der Waals surface area contributed by atoms with Gasteiger partial charge in [0.15, 0.2) is 0 Å². The molecule has 2 heterocycles. The van der Waals surface area contributed by atoms with Crippen LogP contribution in [0.3, 0.4) is 0 Å². The molecule has 0 aliphatic carbocycles. The first-order valence-electron chi connectivity index (χ1n) is 9.87. The second-order valence-corrected chi connectivity index (χ2v) is 8.15. The summed E-state index contributed by atoms with van der Waals surface area (Å²) in [6, 6.07) is 17.3. The number of carbonyl (C=O) groups is 2. The topological polar surface area (TPSA) is 71.5 Å². The maximum atomic E-state index is 12.5. The molecule has 1 unspecified atom stereocenters. The summed E-state index contributed by atoms with van der Waals surface area (Å²) in [7, 11) is 0. The Morgan fingerprint density at radius 3 is 2.97 bits per heavy atom. The van der Waals surface area contributed by atoms with Gasteiger partial charge in [0.25, 0.3) is 0 Å². The van der Waals surface area contributed by atoms with Gasteiger partial charge in [0.1, 0.15) is 11.1 Å². The molecule has 0 radical (unpaired) electrons. The third-order valence-corrected chi connectivity index (χ3v) is 6.12. The summed E-state index contributed by atoms with van der Waals surface area (Å²) in [4.78, 5) is 30.1. The highest BCUT2D eigenvalue weighted by Crippen LogP contribution is 2.41. The van der Waals surface area contributed by atoms with E-state index in [1.807, 2.05) is 53.6 Å². The molecule has 30 heavy (non-hydrogen) atoms. The number of anilines is 1. The van der Waals surface area contributed by atoms with Crippen LogP contribution < -0.4 is 10.1 Å². The molecule has 6 nitrogen and oxygen atoms in total. The molecule has 1 atom stereocenters. The minimum absolute atomic E-state index is 0.00602. The van der Waals surface area contributed by atoms with E-state index in [9.17, 15) is 9.59 Å². The van der Waals surface area contributed by atoms with Crippen molar-refractivity contribution in [1.29, 1.82) is 0 Å². The Morgan fingerprint density at radius 2 is 2.10 bits per heavy atom. The van der Waals surface area contributed by atoms with E-state index in [0.717, 1.165) is 22.9 Å². The molecule has 0 spiro atoms. The number of hydrogen-bond donors (Lipinski definition) is 1. The van der Waals surface area contributed by atoms with Gasteiger partial charge in [0.05, 0.1) is 17.9 Å². The summed E-state index contributed by atoms with van der Waals surface area (Å²) in [5.41, 5.74) is 2.77. The van der Waals surface area contributed by atoms with E-state index in [1.165, 1.54) is 6.92 Å². The third kappa shape index (κ3) is 4.57. The van der Waals surface area contributed by atoms with E-state index in [-0.39, 0.29) is 17.2 Å². The Bertz CT molecular complexity index is 1070. The lowest BCUT2D eigenvalue weighted by molar-refractivity contribution is -0.128. The number of amides is 2. The fraction of sp³-hybridized carbons (Fsp3) is 0.261. The van der Waals surface area contributed by atoms with E-state index in [0.29, 0.717) is 30.3 Å². The highest BCUT2D eigenvalue weighted by molar-refractivity contribution is 8.00. The van der Waals surface area contributed by atoms with E-state index >= 15 is 0 Å². The lowest BCUT2D eigenvalue weighted by atomic mass is 10.1. The number of nitrogens with zero attached hydrogens (tertiary/aromatic N) is 2. The van der Waals surface area contributed by atoms with Gasteiger partial charge in [0.2, 0.25) is 11.8 Å². The molecule has 2 amide bonds. The Kier molecular flexibility index (Phi) is 6.18. The van der Waals surface area contributed by atoms with Gasteiger partial charge in [-0.15, -0.1) is 11.8 Å². The lowest BCUT2D eigenvalue weighted by Crippen LogP contribution is -2.30. The average molecular weight is 422 g/mol. The molecule has 1 aromatic heterocycles. The fourth-order valence-electron chi connectivity index (χ4n) is 3.58. The van der Waals surface area contributed by atoms with Gasteiger partial charge in [-0.1, -0.05) is 24.3 Å². The number of nitrogens with one attached hydrogen (secondary N) is 1. The third-order valence-electron chi connectivity index (χ3n) is 4.88. The Hall–Kier alpha value is -3.06. The molecule has 1 fully saturated rings. The number of rotatable bonds is 7. The summed E-state index contributed by atoms with van der Waals surface area (Å²) in [5, 5.41) is 3.83. The summed E-state index contributed by atoms with van der Waals surface area (Å²) >= 11 is 1.66. The summed E-state index contributed by atoms with van der Waals surface area (Å²) in [6.07, 6.45) is 2.53. The first kappa shape index (κ1) is 20.2. The van der Waals surface area contributed by atoms with Crippen molar-refractivity contribution in [3.63, 3.8) is 0 Å². The quantitative estimate of drug-likeness (QED) is 0.578. The van der Waals surface area contributed by atoms with Gasteiger partial charge in [-0.25, -0.2) is 0 Å². The van der Waals surface area contributed by atoms with Gasteiger partial charge in [0, 0.05) is 36.8 Å². The van der Waals surface area contributed by atoms with Crippen molar-refractivity contribution in [1.82, 2.24) is 9.88 Å². The lowest BCUT2D eigenvalue weighted by Gasteiger charge is -2.25. The number of benzene rings is 2. The normalized spacial score (nSPS) is 16.1. The molecule has 1 N–H and O–H groups in total. The van der Waals surface area contributed by atoms with Crippen molar-refractivity contribution in [2.75, 3.05) is 24.2 Å². The van der Waals surface area contributed by atoms with Gasteiger partial charge < -0.3 is 15.0 Å². The van der Waals surface area contributed by atoms with Crippen LogP contribution in [-0.2, 0) is 9.59 Å². The number of aromatic nitrogens is 1. The monoisotopic (exact) mass is 421 g/mol. The molecule has 2 aromatic carbocycles. The highest BCUT2D eigenvalue weighted by atomic mass is 32.2. The molecule has 7 heteroatoms. The molecule has 0 bridgehead atoms. The van der Waals surface area contributed by atoms with Crippen LogP contribution in [0.5, 0.6) is 5.75 Å². The average Bonchev–Trinajstić information content (AvgIpc) is 3.11. The number of pyridine rings is 1. The second kappa shape index (κ2) is 9.17. The van der Waals surface area contributed by atoms with Gasteiger partial charge >= 0.3 is 0 Å². The largest absolute Gasteiger partial charge is 0.493 e.